The van der Waals surface area contributed by atoms with E-state index in [2.05, 4.69) is 6.07 Å². The molecule has 0 aliphatic rings. The molecule has 0 atom stereocenters. The highest BCUT2D eigenvalue weighted by molar-refractivity contribution is 5.87. The number of benzene rings is 2. The van der Waals surface area contributed by atoms with E-state index in [1.54, 1.807) is 0 Å². The Labute approximate surface area is 119 Å². The number of aliphatic hydroxyl groups is 1. The molecule has 0 saturated heterocycles. The highest BCUT2D eigenvalue weighted by Gasteiger charge is 2.17. The molecule has 0 heterocycles. The van der Waals surface area contributed by atoms with Crippen molar-refractivity contribution in [3.05, 3.63) is 42.0 Å². The maximum Gasteiger partial charge on any atom is 0.125 e. The van der Waals surface area contributed by atoms with Crippen LogP contribution in [0.5, 0.6) is 5.75 Å². The minimum atomic E-state index is -0.393. The Bertz CT molecular complexity index is 641. The standard InChI is InChI=1S/C17H19NO2/c1-17(2,12-18)9-10-20-16-8-7-13-5-3-4-6-14(13)15(16)11-19/h3-8,19H,9-11H2,1-2H3. The van der Waals surface area contributed by atoms with Gasteiger partial charge in [0.05, 0.1) is 24.7 Å². The summed E-state index contributed by atoms with van der Waals surface area (Å²) in [5.41, 5.74) is 0.411. The molecule has 0 spiro atoms. The number of fused-ring (bicyclic) bond motifs is 1. The van der Waals surface area contributed by atoms with Crippen LogP contribution in [0.3, 0.4) is 0 Å². The molecule has 3 nitrogen and oxygen atoms in total. The van der Waals surface area contributed by atoms with Crippen molar-refractivity contribution < 1.29 is 9.84 Å². The SMILES string of the molecule is CC(C)(C#N)CCOc1ccc2ccccc2c1CO. The minimum absolute atomic E-state index is 0.0572. The molecule has 0 bridgehead atoms. The summed E-state index contributed by atoms with van der Waals surface area (Å²) in [6.45, 7) is 4.19. The Morgan fingerprint density at radius 1 is 1.20 bits per heavy atom. The molecule has 0 fully saturated rings. The summed E-state index contributed by atoms with van der Waals surface area (Å²) in [6.07, 6.45) is 0.654. The summed E-state index contributed by atoms with van der Waals surface area (Å²) in [5, 5.41) is 20.7. The molecule has 0 aromatic heterocycles. The second-order valence-corrected chi connectivity index (χ2v) is 5.52. The van der Waals surface area contributed by atoms with Gasteiger partial charge in [-0.2, -0.15) is 5.26 Å². The zero-order chi connectivity index (χ0) is 14.6. The molecule has 2 rings (SSSR count). The van der Waals surface area contributed by atoms with E-state index in [1.165, 1.54) is 0 Å². The summed E-state index contributed by atoms with van der Waals surface area (Å²) in [7, 11) is 0. The van der Waals surface area contributed by atoms with Gasteiger partial charge in [0.1, 0.15) is 5.75 Å². The van der Waals surface area contributed by atoms with Crippen molar-refractivity contribution in [3.8, 4) is 11.8 Å². The van der Waals surface area contributed by atoms with Crippen LogP contribution in [0.25, 0.3) is 10.8 Å². The third-order valence-electron chi connectivity index (χ3n) is 3.44. The van der Waals surface area contributed by atoms with E-state index in [0.29, 0.717) is 18.8 Å². The largest absolute Gasteiger partial charge is 0.493 e. The van der Waals surface area contributed by atoms with Gasteiger partial charge >= 0.3 is 0 Å². The first kappa shape index (κ1) is 14.4. The Balaban J connectivity index is 2.20. The Morgan fingerprint density at radius 2 is 1.95 bits per heavy atom. The second-order valence-electron chi connectivity index (χ2n) is 5.52. The third-order valence-corrected chi connectivity index (χ3v) is 3.44. The van der Waals surface area contributed by atoms with E-state index in [0.717, 1.165) is 16.3 Å². The molecular formula is C17H19NO2. The highest BCUT2D eigenvalue weighted by atomic mass is 16.5. The first-order valence-electron chi connectivity index (χ1n) is 6.73. The van der Waals surface area contributed by atoms with Crippen molar-refractivity contribution in [1.82, 2.24) is 0 Å². The summed E-state index contributed by atoms with van der Waals surface area (Å²) < 4.78 is 5.76. The molecule has 0 aliphatic carbocycles. The fourth-order valence-electron chi connectivity index (χ4n) is 2.09. The van der Waals surface area contributed by atoms with Crippen LogP contribution in [-0.4, -0.2) is 11.7 Å². The van der Waals surface area contributed by atoms with Crippen LogP contribution in [-0.2, 0) is 6.61 Å². The molecule has 20 heavy (non-hydrogen) atoms. The van der Waals surface area contributed by atoms with E-state index < -0.39 is 5.41 Å². The lowest BCUT2D eigenvalue weighted by Gasteiger charge is -2.17. The number of aliphatic hydroxyl groups excluding tert-OH is 1. The molecule has 2 aromatic carbocycles. The van der Waals surface area contributed by atoms with Crippen molar-refractivity contribution >= 4 is 10.8 Å². The molecule has 1 N–H and O–H groups in total. The van der Waals surface area contributed by atoms with Crippen molar-refractivity contribution in [2.75, 3.05) is 6.61 Å². The molecule has 0 saturated carbocycles. The lowest BCUT2D eigenvalue weighted by Crippen LogP contribution is -2.13. The predicted molar refractivity (Wildman–Crippen MR) is 79.4 cm³/mol. The molecule has 0 radical (unpaired) electrons. The van der Waals surface area contributed by atoms with Gasteiger partial charge in [-0.3, -0.25) is 0 Å². The molecule has 2 aromatic rings. The molecule has 0 unspecified atom stereocenters. The number of ether oxygens (including phenoxy) is 1. The molecular weight excluding hydrogens is 250 g/mol. The number of nitrogens with zero attached hydrogens (tertiary/aromatic N) is 1. The Morgan fingerprint density at radius 3 is 2.65 bits per heavy atom. The van der Waals surface area contributed by atoms with Gasteiger partial charge in [0.15, 0.2) is 0 Å². The van der Waals surface area contributed by atoms with Crippen LogP contribution in [0.15, 0.2) is 36.4 Å². The van der Waals surface area contributed by atoms with Gasteiger partial charge in [-0.15, -0.1) is 0 Å². The van der Waals surface area contributed by atoms with Gasteiger partial charge < -0.3 is 9.84 Å². The van der Waals surface area contributed by atoms with Crippen LogP contribution in [0.1, 0.15) is 25.8 Å². The zero-order valence-corrected chi connectivity index (χ0v) is 11.9. The lowest BCUT2D eigenvalue weighted by atomic mass is 9.92. The highest BCUT2D eigenvalue weighted by Crippen LogP contribution is 2.29. The van der Waals surface area contributed by atoms with E-state index >= 15 is 0 Å². The smallest absolute Gasteiger partial charge is 0.125 e. The zero-order valence-electron chi connectivity index (χ0n) is 11.9. The lowest BCUT2D eigenvalue weighted by molar-refractivity contribution is 0.245. The van der Waals surface area contributed by atoms with Gasteiger partial charge in [-0.05, 0) is 37.1 Å². The molecule has 3 heteroatoms. The number of hydrogen-bond acceptors (Lipinski definition) is 3. The van der Waals surface area contributed by atoms with E-state index in [9.17, 15) is 5.11 Å². The monoisotopic (exact) mass is 269 g/mol. The van der Waals surface area contributed by atoms with E-state index in [4.69, 9.17) is 10.00 Å². The van der Waals surface area contributed by atoms with Gasteiger partial charge in [0.2, 0.25) is 0 Å². The normalized spacial score (nSPS) is 11.3. The predicted octanol–water partition coefficient (Wildman–Crippen LogP) is 3.65. The molecule has 0 amide bonds. The summed E-state index contributed by atoms with van der Waals surface area (Å²) >= 11 is 0. The third kappa shape index (κ3) is 3.09. The fourth-order valence-corrected chi connectivity index (χ4v) is 2.09. The topological polar surface area (TPSA) is 53.2 Å². The van der Waals surface area contributed by atoms with Crippen LogP contribution < -0.4 is 4.74 Å². The fraction of sp³-hybridized carbons (Fsp3) is 0.353. The van der Waals surface area contributed by atoms with E-state index in [-0.39, 0.29) is 6.61 Å². The van der Waals surface area contributed by atoms with Crippen LogP contribution in [0.2, 0.25) is 0 Å². The van der Waals surface area contributed by atoms with Crippen LogP contribution >= 0.6 is 0 Å². The minimum Gasteiger partial charge on any atom is -0.493 e. The van der Waals surface area contributed by atoms with Crippen molar-refractivity contribution in [3.63, 3.8) is 0 Å². The van der Waals surface area contributed by atoms with Gasteiger partial charge in [0.25, 0.3) is 0 Å². The average molecular weight is 269 g/mol. The van der Waals surface area contributed by atoms with Crippen LogP contribution in [0.4, 0.5) is 0 Å². The van der Waals surface area contributed by atoms with Crippen molar-refractivity contribution in [1.29, 1.82) is 5.26 Å². The van der Waals surface area contributed by atoms with Gasteiger partial charge in [-0.25, -0.2) is 0 Å². The van der Waals surface area contributed by atoms with Crippen molar-refractivity contribution in [2.24, 2.45) is 5.41 Å². The molecule has 104 valence electrons. The Hall–Kier alpha value is -2.05. The number of rotatable bonds is 5. The van der Waals surface area contributed by atoms with Crippen molar-refractivity contribution in [2.45, 2.75) is 26.9 Å². The first-order chi connectivity index (χ1) is 9.57. The van der Waals surface area contributed by atoms with E-state index in [1.807, 2.05) is 50.2 Å². The summed E-state index contributed by atoms with van der Waals surface area (Å²) in [6, 6.07) is 14.0. The summed E-state index contributed by atoms with van der Waals surface area (Å²) in [4.78, 5) is 0. The summed E-state index contributed by atoms with van der Waals surface area (Å²) in [5.74, 6) is 0.694. The Kier molecular flexibility index (Phi) is 4.26. The second kappa shape index (κ2) is 5.94. The number of hydrogen-bond donors (Lipinski definition) is 1. The average Bonchev–Trinajstić information content (AvgIpc) is 2.46. The quantitative estimate of drug-likeness (QED) is 0.901. The van der Waals surface area contributed by atoms with Gasteiger partial charge in [0, 0.05) is 5.56 Å². The maximum atomic E-state index is 9.59. The van der Waals surface area contributed by atoms with Gasteiger partial charge in [-0.1, -0.05) is 30.3 Å². The maximum absolute atomic E-state index is 9.59. The number of nitriles is 1. The first-order valence-corrected chi connectivity index (χ1v) is 6.73. The van der Waals surface area contributed by atoms with Crippen LogP contribution in [0, 0.1) is 16.7 Å². The molecule has 0 aliphatic heterocycles.